The quantitative estimate of drug-likeness (QED) is 0.941. The van der Waals surface area contributed by atoms with E-state index < -0.39 is 0 Å². The topological polar surface area (TPSA) is 49.5 Å². The van der Waals surface area contributed by atoms with Gasteiger partial charge in [0.2, 0.25) is 0 Å². The lowest BCUT2D eigenvalue weighted by atomic mass is 10.00. The molecule has 0 radical (unpaired) electrons. The fraction of sp³-hybridized carbons (Fsp3) is 0.471. The van der Waals surface area contributed by atoms with Crippen LogP contribution in [-0.2, 0) is 6.54 Å². The minimum Gasteiger partial charge on any atom is -0.393 e. The number of nitrogens with zero attached hydrogens (tertiary/aromatic N) is 2. The van der Waals surface area contributed by atoms with Crippen molar-refractivity contribution in [2.75, 3.05) is 13.1 Å². The van der Waals surface area contributed by atoms with Crippen molar-refractivity contribution < 1.29 is 9.63 Å². The highest BCUT2D eigenvalue weighted by Crippen LogP contribution is 2.38. The molecule has 3 unspecified atom stereocenters. The second-order valence-corrected chi connectivity index (χ2v) is 6.31. The summed E-state index contributed by atoms with van der Waals surface area (Å²) in [7, 11) is 0. The zero-order chi connectivity index (χ0) is 14.2. The van der Waals surface area contributed by atoms with Crippen molar-refractivity contribution in [1.82, 2.24) is 10.1 Å². The number of aliphatic hydroxyl groups is 1. The van der Waals surface area contributed by atoms with Crippen LogP contribution < -0.4 is 0 Å². The zero-order valence-electron chi connectivity index (χ0n) is 12.0. The molecule has 1 aromatic heterocycles. The molecule has 0 amide bonds. The van der Waals surface area contributed by atoms with Gasteiger partial charge >= 0.3 is 0 Å². The summed E-state index contributed by atoms with van der Waals surface area (Å²) in [5.41, 5.74) is 2.04. The summed E-state index contributed by atoms with van der Waals surface area (Å²) in [4.78, 5) is 2.39. The normalized spacial score (nSPS) is 28.9. The lowest BCUT2D eigenvalue weighted by molar-refractivity contribution is 0.123. The molecule has 1 saturated heterocycles. The van der Waals surface area contributed by atoms with Gasteiger partial charge in [-0.3, -0.25) is 4.90 Å². The summed E-state index contributed by atoms with van der Waals surface area (Å²) in [5, 5.41) is 14.2. The molecule has 4 rings (SSSR count). The van der Waals surface area contributed by atoms with Gasteiger partial charge in [0, 0.05) is 37.2 Å². The molecular weight excluding hydrogens is 264 g/mol. The molecular formula is C17H20N2O2. The number of hydrogen-bond donors (Lipinski definition) is 1. The molecule has 1 N–H and O–H groups in total. The van der Waals surface area contributed by atoms with Gasteiger partial charge in [0.15, 0.2) is 5.76 Å². The van der Waals surface area contributed by atoms with Crippen LogP contribution in [0.1, 0.15) is 18.5 Å². The Morgan fingerprint density at radius 2 is 2.05 bits per heavy atom. The average Bonchev–Trinajstić information content (AvgIpc) is 3.19. The Hall–Kier alpha value is -1.65. The number of rotatable bonds is 3. The smallest absolute Gasteiger partial charge is 0.167 e. The molecule has 2 aromatic rings. The van der Waals surface area contributed by atoms with Crippen molar-refractivity contribution in [1.29, 1.82) is 0 Å². The highest BCUT2D eigenvalue weighted by atomic mass is 16.5. The summed E-state index contributed by atoms with van der Waals surface area (Å²) in [6.07, 6.45) is 2.04. The van der Waals surface area contributed by atoms with Crippen LogP contribution >= 0.6 is 0 Å². The van der Waals surface area contributed by atoms with Gasteiger partial charge < -0.3 is 9.63 Å². The molecule has 2 fully saturated rings. The van der Waals surface area contributed by atoms with Crippen LogP contribution in [0.3, 0.4) is 0 Å². The lowest BCUT2D eigenvalue weighted by Gasteiger charge is -2.16. The molecule has 3 atom stereocenters. The van der Waals surface area contributed by atoms with E-state index in [0.29, 0.717) is 11.8 Å². The molecule has 0 spiro atoms. The van der Waals surface area contributed by atoms with E-state index in [2.05, 4.69) is 10.1 Å². The first-order valence-corrected chi connectivity index (χ1v) is 7.71. The molecule has 2 heterocycles. The van der Waals surface area contributed by atoms with E-state index in [4.69, 9.17) is 4.52 Å². The summed E-state index contributed by atoms with van der Waals surface area (Å²) >= 11 is 0. The summed E-state index contributed by atoms with van der Waals surface area (Å²) in [6.45, 7) is 2.88. The first kappa shape index (κ1) is 13.0. The highest BCUT2D eigenvalue weighted by Gasteiger charge is 2.41. The Bertz CT molecular complexity index is 610. The SMILES string of the molecule is OC1CCC2CN(Cc3cc(-c4ccccc4)on3)CC12. The number of aliphatic hydroxyl groups excluding tert-OH is 1. The van der Waals surface area contributed by atoms with Crippen molar-refractivity contribution in [3.8, 4) is 11.3 Å². The van der Waals surface area contributed by atoms with Gasteiger partial charge in [0.25, 0.3) is 0 Å². The first-order valence-electron chi connectivity index (χ1n) is 7.71. The Labute approximate surface area is 124 Å². The van der Waals surface area contributed by atoms with E-state index in [1.54, 1.807) is 0 Å². The molecule has 1 aromatic carbocycles. The van der Waals surface area contributed by atoms with Gasteiger partial charge in [0.1, 0.15) is 0 Å². The minimum absolute atomic E-state index is 0.0998. The zero-order valence-corrected chi connectivity index (χ0v) is 12.0. The van der Waals surface area contributed by atoms with Gasteiger partial charge in [-0.25, -0.2) is 0 Å². The van der Waals surface area contributed by atoms with Gasteiger partial charge in [-0.2, -0.15) is 0 Å². The molecule has 0 bridgehead atoms. The van der Waals surface area contributed by atoms with Crippen molar-refractivity contribution in [2.24, 2.45) is 11.8 Å². The predicted molar refractivity (Wildman–Crippen MR) is 79.4 cm³/mol. The van der Waals surface area contributed by atoms with Crippen molar-refractivity contribution >= 4 is 0 Å². The van der Waals surface area contributed by atoms with Crippen LogP contribution in [0.2, 0.25) is 0 Å². The van der Waals surface area contributed by atoms with Crippen LogP contribution in [0.25, 0.3) is 11.3 Å². The maximum atomic E-state index is 9.98. The van der Waals surface area contributed by atoms with E-state index in [1.807, 2.05) is 36.4 Å². The Balaban J connectivity index is 1.44. The van der Waals surface area contributed by atoms with Gasteiger partial charge in [-0.05, 0) is 18.8 Å². The average molecular weight is 284 g/mol. The Kier molecular flexibility index (Phi) is 3.28. The molecule has 2 aliphatic rings. The van der Waals surface area contributed by atoms with E-state index in [1.165, 1.54) is 0 Å². The van der Waals surface area contributed by atoms with Crippen molar-refractivity contribution in [3.63, 3.8) is 0 Å². The fourth-order valence-electron chi connectivity index (χ4n) is 3.81. The molecule has 21 heavy (non-hydrogen) atoms. The van der Waals surface area contributed by atoms with E-state index in [-0.39, 0.29) is 6.10 Å². The van der Waals surface area contributed by atoms with Gasteiger partial charge in [-0.1, -0.05) is 35.5 Å². The Morgan fingerprint density at radius 3 is 2.86 bits per heavy atom. The largest absolute Gasteiger partial charge is 0.393 e. The second-order valence-electron chi connectivity index (χ2n) is 6.31. The maximum Gasteiger partial charge on any atom is 0.167 e. The third-order valence-electron chi connectivity index (χ3n) is 4.90. The lowest BCUT2D eigenvalue weighted by Crippen LogP contribution is -2.24. The summed E-state index contributed by atoms with van der Waals surface area (Å²) in [5.74, 6) is 1.95. The number of hydrogen-bond acceptors (Lipinski definition) is 4. The van der Waals surface area contributed by atoms with Gasteiger partial charge in [-0.15, -0.1) is 0 Å². The first-order chi connectivity index (χ1) is 10.3. The van der Waals surface area contributed by atoms with Crippen LogP contribution in [0.5, 0.6) is 0 Å². The monoisotopic (exact) mass is 284 g/mol. The number of fused-ring (bicyclic) bond motifs is 1. The van der Waals surface area contributed by atoms with Crippen LogP contribution in [0.4, 0.5) is 0 Å². The predicted octanol–water partition coefficient (Wildman–Crippen LogP) is 2.54. The maximum absolute atomic E-state index is 9.98. The van der Waals surface area contributed by atoms with Crippen molar-refractivity contribution in [2.45, 2.75) is 25.5 Å². The van der Waals surface area contributed by atoms with E-state index >= 15 is 0 Å². The highest BCUT2D eigenvalue weighted by molar-refractivity contribution is 5.56. The van der Waals surface area contributed by atoms with Crippen LogP contribution in [0.15, 0.2) is 40.9 Å². The standard InChI is InChI=1S/C17H20N2O2/c20-16-7-6-13-9-19(11-15(13)16)10-14-8-17(21-18-14)12-4-2-1-3-5-12/h1-5,8,13,15-16,20H,6-7,9-11H2. The second kappa shape index (κ2) is 5.28. The molecule has 4 heteroatoms. The summed E-state index contributed by atoms with van der Waals surface area (Å²) < 4.78 is 5.45. The molecule has 1 saturated carbocycles. The van der Waals surface area contributed by atoms with Crippen molar-refractivity contribution in [3.05, 3.63) is 42.1 Å². The molecule has 110 valence electrons. The Morgan fingerprint density at radius 1 is 1.19 bits per heavy atom. The minimum atomic E-state index is -0.0998. The number of likely N-dealkylation sites (tertiary alicyclic amines) is 1. The fourth-order valence-corrected chi connectivity index (χ4v) is 3.81. The molecule has 1 aliphatic heterocycles. The van der Waals surface area contributed by atoms with Crippen LogP contribution in [0, 0.1) is 11.8 Å². The van der Waals surface area contributed by atoms with Crippen LogP contribution in [-0.4, -0.2) is 34.4 Å². The summed E-state index contributed by atoms with van der Waals surface area (Å²) in [6, 6.07) is 12.1. The molecule has 1 aliphatic carbocycles. The van der Waals surface area contributed by atoms with E-state index in [0.717, 1.165) is 49.5 Å². The van der Waals surface area contributed by atoms with E-state index in [9.17, 15) is 5.11 Å². The molecule has 4 nitrogen and oxygen atoms in total. The van der Waals surface area contributed by atoms with Gasteiger partial charge in [0.05, 0.1) is 11.8 Å². The number of benzene rings is 1. The third kappa shape index (κ3) is 2.49. The third-order valence-corrected chi connectivity index (χ3v) is 4.90. The number of aromatic nitrogens is 1.